The molecule has 2 aliphatic rings. The number of aromatic nitrogens is 4. The average molecular weight is 591 g/mol. The maximum absolute atomic E-state index is 13.6. The van der Waals surface area contributed by atoms with Crippen molar-refractivity contribution >= 4 is 23.0 Å². The zero-order valence-electron chi connectivity index (χ0n) is 24.7. The summed E-state index contributed by atoms with van der Waals surface area (Å²) in [6.45, 7) is 3.19. The highest BCUT2D eigenvalue weighted by atomic mass is 19.1. The van der Waals surface area contributed by atoms with Gasteiger partial charge in [0.1, 0.15) is 17.2 Å². The van der Waals surface area contributed by atoms with E-state index in [0.29, 0.717) is 29.1 Å². The predicted molar refractivity (Wildman–Crippen MR) is 169 cm³/mol. The van der Waals surface area contributed by atoms with Crippen molar-refractivity contribution in [3.63, 3.8) is 0 Å². The van der Waals surface area contributed by atoms with Crippen molar-refractivity contribution in [2.45, 2.75) is 31.6 Å². The summed E-state index contributed by atoms with van der Waals surface area (Å²) in [5.74, 6) is 1.94. The Bertz CT molecular complexity index is 1790. The van der Waals surface area contributed by atoms with Crippen molar-refractivity contribution in [3.8, 4) is 28.3 Å². The van der Waals surface area contributed by atoms with Gasteiger partial charge in [-0.25, -0.2) is 19.3 Å². The molecule has 1 saturated carbocycles. The fraction of sp³-hybridized carbons (Fsp3) is 0.314. The van der Waals surface area contributed by atoms with Gasteiger partial charge in [-0.05, 0) is 97.8 Å². The van der Waals surface area contributed by atoms with E-state index in [-0.39, 0.29) is 17.7 Å². The Morgan fingerprint density at radius 3 is 2.41 bits per heavy atom. The van der Waals surface area contributed by atoms with Gasteiger partial charge in [-0.2, -0.15) is 0 Å². The first-order chi connectivity index (χ1) is 21.5. The number of hydrogen-bond donors (Lipinski definition) is 1. The minimum Gasteiger partial charge on any atom is -0.469 e. The average Bonchev–Trinajstić information content (AvgIpc) is 3.42. The lowest BCUT2D eigenvalue weighted by Gasteiger charge is -2.42. The molecule has 7 rings (SSSR count). The molecule has 1 aliphatic heterocycles. The number of nitrogens with zero attached hydrogens (tertiary/aromatic N) is 5. The van der Waals surface area contributed by atoms with Crippen LogP contribution in [0.25, 0.3) is 39.5 Å². The number of pyridine rings is 2. The highest BCUT2D eigenvalue weighted by Crippen LogP contribution is 2.35. The number of fused-ring (bicyclic) bond motifs is 1. The van der Waals surface area contributed by atoms with Crippen LogP contribution in [-0.4, -0.2) is 57.1 Å². The number of carbonyl (C=O) groups is 1. The zero-order chi connectivity index (χ0) is 30.2. The molecule has 1 saturated heterocycles. The molecule has 0 atom stereocenters. The third-order valence-electron chi connectivity index (χ3n) is 9.20. The highest BCUT2D eigenvalue weighted by molar-refractivity contribution is 5.84. The monoisotopic (exact) mass is 590 g/mol. The van der Waals surface area contributed by atoms with Crippen LogP contribution in [-0.2, 0) is 9.53 Å². The van der Waals surface area contributed by atoms with E-state index in [4.69, 9.17) is 20.4 Å². The minimum atomic E-state index is -0.286. The quantitative estimate of drug-likeness (QED) is 0.224. The first-order valence-corrected chi connectivity index (χ1v) is 15.2. The van der Waals surface area contributed by atoms with Gasteiger partial charge in [0, 0.05) is 43.0 Å². The fourth-order valence-electron chi connectivity index (χ4n) is 6.71. The van der Waals surface area contributed by atoms with Gasteiger partial charge in [0.25, 0.3) is 0 Å². The molecule has 8 nitrogen and oxygen atoms in total. The van der Waals surface area contributed by atoms with Crippen molar-refractivity contribution in [2.24, 2.45) is 11.8 Å². The number of ether oxygens (including phenoxy) is 1. The molecular weight excluding hydrogens is 555 g/mol. The molecule has 0 bridgehead atoms. The van der Waals surface area contributed by atoms with Gasteiger partial charge >= 0.3 is 5.97 Å². The number of hydrogen-bond acceptors (Lipinski definition) is 7. The van der Waals surface area contributed by atoms with Gasteiger partial charge < -0.3 is 15.4 Å². The van der Waals surface area contributed by atoms with E-state index in [0.717, 1.165) is 73.3 Å². The first-order valence-electron chi connectivity index (χ1n) is 15.2. The Morgan fingerprint density at radius 2 is 1.70 bits per heavy atom. The second-order valence-electron chi connectivity index (χ2n) is 12.0. The lowest BCUT2D eigenvalue weighted by Crippen LogP contribution is -2.47. The number of esters is 1. The number of carbonyl (C=O) groups excluding carboxylic acids is 1. The van der Waals surface area contributed by atoms with Crippen LogP contribution >= 0.6 is 0 Å². The normalized spacial score (nSPS) is 19.1. The van der Waals surface area contributed by atoms with Crippen molar-refractivity contribution in [1.82, 2.24) is 24.4 Å². The summed E-state index contributed by atoms with van der Waals surface area (Å²) in [5, 5.41) is 0. The largest absolute Gasteiger partial charge is 0.469 e. The predicted octanol–water partition coefficient (Wildman–Crippen LogP) is 6.25. The number of anilines is 1. The van der Waals surface area contributed by atoms with Gasteiger partial charge in [-0.15, -0.1) is 0 Å². The molecule has 224 valence electrons. The van der Waals surface area contributed by atoms with Crippen LogP contribution in [0.15, 0.2) is 79.0 Å². The maximum Gasteiger partial charge on any atom is 0.308 e. The second-order valence-corrected chi connectivity index (χ2v) is 12.0. The molecule has 1 aliphatic carbocycles. The molecular formula is C35H35FN6O2. The Morgan fingerprint density at radius 1 is 0.955 bits per heavy atom. The number of benzene rings is 2. The fourth-order valence-corrected chi connectivity index (χ4v) is 6.71. The number of imidazole rings is 1. The van der Waals surface area contributed by atoms with Crippen LogP contribution in [0.5, 0.6) is 0 Å². The summed E-state index contributed by atoms with van der Waals surface area (Å²) in [7, 11) is 1.48. The van der Waals surface area contributed by atoms with Crippen LogP contribution in [0.2, 0.25) is 0 Å². The Labute approximate surface area is 255 Å². The van der Waals surface area contributed by atoms with Crippen LogP contribution in [0.1, 0.15) is 37.2 Å². The molecule has 2 N–H and O–H groups in total. The number of likely N-dealkylation sites (tertiary alicyclic amines) is 1. The molecule has 2 fully saturated rings. The molecule has 0 unspecified atom stereocenters. The molecule has 0 spiro atoms. The molecule has 4 heterocycles. The van der Waals surface area contributed by atoms with Crippen molar-refractivity contribution in [1.29, 1.82) is 0 Å². The molecule has 9 heteroatoms. The maximum atomic E-state index is 13.6. The summed E-state index contributed by atoms with van der Waals surface area (Å²) in [5.41, 5.74) is 12.2. The second kappa shape index (κ2) is 11.8. The van der Waals surface area contributed by atoms with E-state index in [2.05, 4.69) is 34.1 Å². The van der Waals surface area contributed by atoms with Crippen LogP contribution in [0, 0.1) is 17.7 Å². The summed E-state index contributed by atoms with van der Waals surface area (Å²) in [6.07, 6.45) is 5.73. The van der Waals surface area contributed by atoms with Crippen LogP contribution in [0.4, 0.5) is 10.2 Å². The third kappa shape index (κ3) is 5.43. The summed E-state index contributed by atoms with van der Waals surface area (Å²) in [4.78, 5) is 28.6. The lowest BCUT2D eigenvalue weighted by atomic mass is 9.80. The molecule has 3 aromatic heterocycles. The topological polar surface area (TPSA) is 99.2 Å². The number of nitrogens with two attached hydrogens (primary N) is 1. The van der Waals surface area contributed by atoms with E-state index >= 15 is 0 Å². The number of methoxy groups -OCH3 is 1. The molecule has 0 radical (unpaired) electrons. The molecule has 0 amide bonds. The minimum absolute atomic E-state index is 0.0558. The third-order valence-corrected chi connectivity index (χ3v) is 9.20. The number of halogens is 1. The van der Waals surface area contributed by atoms with Gasteiger partial charge in [0.15, 0.2) is 11.5 Å². The Kier molecular flexibility index (Phi) is 7.56. The molecule has 2 aromatic carbocycles. The van der Waals surface area contributed by atoms with Gasteiger partial charge in [-0.1, -0.05) is 12.1 Å². The smallest absolute Gasteiger partial charge is 0.308 e. The van der Waals surface area contributed by atoms with Crippen LogP contribution in [0.3, 0.4) is 0 Å². The Balaban J connectivity index is 1.12. The highest BCUT2D eigenvalue weighted by Gasteiger charge is 2.33. The van der Waals surface area contributed by atoms with E-state index in [1.165, 1.54) is 24.8 Å². The van der Waals surface area contributed by atoms with Gasteiger partial charge in [0.05, 0.1) is 24.3 Å². The lowest BCUT2D eigenvalue weighted by molar-refractivity contribution is -0.146. The molecule has 5 aromatic rings. The zero-order valence-corrected chi connectivity index (χ0v) is 24.7. The van der Waals surface area contributed by atoms with Crippen LogP contribution < -0.4 is 5.73 Å². The summed E-state index contributed by atoms with van der Waals surface area (Å²) < 4.78 is 20.6. The van der Waals surface area contributed by atoms with Crippen molar-refractivity contribution < 1.29 is 13.9 Å². The van der Waals surface area contributed by atoms with Crippen molar-refractivity contribution in [3.05, 3.63) is 90.4 Å². The van der Waals surface area contributed by atoms with E-state index in [1.807, 2.05) is 28.8 Å². The molecule has 44 heavy (non-hydrogen) atoms. The first kappa shape index (κ1) is 28.2. The van der Waals surface area contributed by atoms with E-state index < -0.39 is 0 Å². The van der Waals surface area contributed by atoms with Gasteiger partial charge in [0.2, 0.25) is 0 Å². The number of rotatable bonds is 7. The number of nitrogen functional groups attached to an aromatic ring is 1. The standard InChI is InChI=1S/C35H35FN6O2/c1-44-35(43)25-6-4-22(5-7-25)19-41-20-26(21-41)23-10-14-28(15-11-23)42-33(29-3-2-18-38-32(29)37)40-31-17-16-30(39-34(31)42)24-8-12-27(36)13-9-24/h2-3,8-18,22,25-26H,4-7,19-21H2,1H3,(H2,37,38)/t22-,25-. The van der Waals surface area contributed by atoms with E-state index in [9.17, 15) is 9.18 Å². The van der Waals surface area contributed by atoms with Gasteiger partial charge in [-0.3, -0.25) is 9.36 Å². The summed E-state index contributed by atoms with van der Waals surface area (Å²) in [6, 6.07) is 22.6. The van der Waals surface area contributed by atoms with Crippen molar-refractivity contribution in [2.75, 3.05) is 32.5 Å². The SMILES string of the molecule is COC(=O)[C@H]1CC[C@H](CN2CC(c3ccc(-n4c(-c5cccnc5N)nc5ccc(-c6ccc(F)cc6)nc54)cc3)C2)CC1. The Hall–Kier alpha value is -4.63. The van der Waals surface area contributed by atoms with E-state index in [1.54, 1.807) is 18.3 Å². The summed E-state index contributed by atoms with van der Waals surface area (Å²) >= 11 is 0.